The van der Waals surface area contributed by atoms with Crippen molar-refractivity contribution in [3.05, 3.63) is 157 Å². The summed E-state index contributed by atoms with van der Waals surface area (Å²) >= 11 is 13.1. The van der Waals surface area contributed by atoms with Crippen molar-refractivity contribution in [2.75, 3.05) is 13.2 Å². The maximum Gasteiger partial charge on any atom is 0.153 e. The van der Waals surface area contributed by atoms with Gasteiger partial charge in [-0.25, -0.2) is 0 Å². The first kappa shape index (κ1) is 39.1. The number of nitrogens with one attached hydrogen (secondary N) is 1. The van der Waals surface area contributed by atoms with Crippen molar-refractivity contribution in [2.45, 2.75) is 33.7 Å². The Morgan fingerprint density at radius 2 is 1.27 bits per heavy atom. The molecule has 1 aliphatic heterocycles. The number of pyridine rings is 1. The Hall–Kier alpha value is -6.59. The number of aldehydes is 2. The van der Waals surface area contributed by atoms with E-state index in [1.165, 1.54) is 18.3 Å². The van der Waals surface area contributed by atoms with Gasteiger partial charge in [0.15, 0.2) is 12.6 Å². The summed E-state index contributed by atoms with van der Waals surface area (Å²) in [4.78, 5) is 27.7. The maximum atomic E-state index is 11.8. The third-order valence-corrected chi connectivity index (χ3v) is 9.73. The van der Waals surface area contributed by atoms with Gasteiger partial charge in [-0.1, -0.05) is 59.6 Å². The summed E-state index contributed by atoms with van der Waals surface area (Å²) in [5.41, 5.74) is 8.84. The Labute approximate surface area is 334 Å². The molecule has 5 aromatic rings. The lowest BCUT2D eigenvalue weighted by atomic mass is 9.92. The van der Waals surface area contributed by atoms with E-state index in [0.717, 1.165) is 39.0 Å². The average Bonchev–Trinajstić information content (AvgIpc) is 3.22. The van der Waals surface area contributed by atoms with Crippen molar-refractivity contribution < 1.29 is 28.5 Å². The lowest BCUT2D eigenvalue weighted by Gasteiger charge is -2.18. The fourth-order valence-electron chi connectivity index (χ4n) is 6.05. The zero-order valence-electron chi connectivity index (χ0n) is 30.4. The van der Waals surface area contributed by atoms with Crippen LogP contribution in [0.25, 0.3) is 11.1 Å². The van der Waals surface area contributed by atoms with Crippen LogP contribution in [0.2, 0.25) is 10.0 Å². The molecule has 6 rings (SSSR count). The van der Waals surface area contributed by atoms with Crippen LogP contribution in [0.1, 0.15) is 54.1 Å². The molecule has 56 heavy (non-hydrogen) atoms. The van der Waals surface area contributed by atoms with Gasteiger partial charge in [0.1, 0.15) is 61.6 Å². The molecule has 10 nitrogen and oxygen atoms in total. The normalized spacial score (nSPS) is 11.9. The first-order chi connectivity index (χ1) is 27.2. The number of carbonyl (C=O) groups is 2. The number of nitrogens with zero attached hydrogens (tertiary/aromatic N) is 3. The van der Waals surface area contributed by atoms with E-state index in [1.54, 1.807) is 36.7 Å². The molecular formula is C44H34Cl2N4O6. The maximum absolute atomic E-state index is 11.8. The Balaban J connectivity index is 1.16. The van der Waals surface area contributed by atoms with Gasteiger partial charge in [0.2, 0.25) is 0 Å². The summed E-state index contributed by atoms with van der Waals surface area (Å²) in [6.45, 7) is 5.23. The molecular weight excluding hydrogens is 751 g/mol. The predicted octanol–water partition coefficient (Wildman–Crippen LogP) is 9.22. The molecule has 1 N–H and O–H groups in total. The van der Waals surface area contributed by atoms with Gasteiger partial charge >= 0.3 is 0 Å². The fourth-order valence-corrected chi connectivity index (χ4v) is 6.50. The number of aromatic nitrogens is 1. The van der Waals surface area contributed by atoms with E-state index in [9.17, 15) is 20.1 Å². The van der Waals surface area contributed by atoms with Crippen molar-refractivity contribution in [1.29, 1.82) is 10.5 Å². The number of dihydropyridines is 1. The molecule has 2 heterocycles. The molecule has 0 atom stereocenters. The topological polar surface area (TPSA) is 144 Å². The van der Waals surface area contributed by atoms with Gasteiger partial charge in [-0.15, -0.1) is 0 Å². The molecule has 0 fully saturated rings. The zero-order chi connectivity index (χ0) is 39.6. The minimum absolute atomic E-state index is 0.0878. The minimum Gasteiger partial charge on any atom is -0.488 e. The van der Waals surface area contributed by atoms with Gasteiger partial charge in [-0.05, 0) is 77.1 Å². The SMILES string of the molecule is Cc1c(COc2cc(OCC3=CC(C#N)=CNC3)c(C=O)cc2Cl)cccc1-c1cccc(COc2cc(OCc3cncc(C#N)c3)c(C=O)cc2Cl)c1C. The Morgan fingerprint density at radius 1 is 0.714 bits per heavy atom. The van der Waals surface area contributed by atoms with Crippen LogP contribution < -0.4 is 24.3 Å². The highest BCUT2D eigenvalue weighted by Crippen LogP contribution is 2.36. The van der Waals surface area contributed by atoms with E-state index in [1.807, 2.05) is 56.3 Å². The smallest absolute Gasteiger partial charge is 0.153 e. The van der Waals surface area contributed by atoms with E-state index < -0.39 is 0 Å². The lowest BCUT2D eigenvalue weighted by molar-refractivity contribution is 0.111. The van der Waals surface area contributed by atoms with Crippen molar-refractivity contribution >= 4 is 35.8 Å². The summed E-state index contributed by atoms with van der Waals surface area (Å²) in [5, 5.41) is 22.0. The molecule has 4 aromatic carbocycles. The number of benzene rings is 4. The highest BCUT2D eigenvalue weighted by atomic mass is 35.5. The standard InChI is InChI=1S/C44H34Cl2N4O6/c1-27-33(25-55-43-13-41(35(21-51)11-39(43)45)53-23-31-9-29(15-47)17-49-19-31)5-3-7-37(27)38-8-4-6-34(28(38)2)26-56-44-14-42(36(22-52)12-40(44)46)54-24-32-10-30(16-48)18-50-20-32/h3-14,17-19,21-22,50H,20,23-26H2,1-2H3. The van der Waals surface area contributed by atoms with Crippen LogP contribution in [0, 0.1) is 36.5 Å². The number of ether oxygens (including phenoxy) is 4. The first-order valence-corrected chi connectivity index (χ1v) is 18.1. The van der Waals surface area contributed by atoms with E-state index in [0.29, 0.717) is 53.1 Å². The van der Waals surface area contributed by atoms with Gasteiger partial charge in [-0.3, -0.25) is 14.6 Å². The second kappa shape index (κ2) is 18.2. The van der Waals surface area contributed by atoms with E-state index >= 15 is 0 Å². The van der Waals surface area contributed by atoms with E-state index in [-0.39, 0.29) is 53.3 Å². The monoisotopic (exact) mass is 784 g/mol. The molecule has 0 radical (unpaired) electrons. The molecule has 0 aliphatic carbocycles. The number of allylic oxidation sites excluding steroid dienone is 2. The molecule has 0 amide bonds. The van der Waals surface area contributed by atoms with Crippen LogP contribution in [0.15, 0.2) is 103 Å². The van der Waals surface area contributed by atoms with Crippen LogP contribution in [-0.4, -0.2) is 30.7 Å². The second-order valence-corrected chi connectivity index (χ2v) is 13.6. The van der Waals surface area contributed by atoms with E-state index in [2.05, 4.69) is 16.4 Å². The Kier molecular flexibility index (Phi) is 12.7. The summed E-state index contributed by atoms with van der Waals surface area (Å²) in [6.07, 6.45) is 7.78. The van der Waals surface area contributed by atoms with Crippen LogP contribution in [-0.2, 0) is 19.8 Å². The Morgan fingerprint density at radius 3 is 1.80 bits per heavy atom. The third-order valence-electron chi connectivity index (χ3n) is 9.14. The number of hydrogen-bond donors (Lipinski definition) is 1. The molecule has 0 saturated heterocycles. The van der Waals surface area contributed by atoms with Gasteiger partial charge in [-0.2, -0.15) is 10.5 Å². The lowest BCUT2D eigenvalue weighted by Crippen LogP contribution is -2.19. The number of halogens is 2. The summed E-state index contributed by atoms with van der Waals surface area (Å²) in [7, 11) is 0. The van der Waals surface area contributed by atoms with Gasteiger partial charge in [0.25, 0.3) is 0 Å². The Bertz CT molecular complexity index is 2470. The molecule has 280 valence electrons. The quantitative estimate of drug-likeness (QED) is 0.102. The highest BCUT2D eigenvalue weighted by Gasteiger charge is 2.17. The molecule has 0 spiro atoms. The zero-order valence-corrected chi connectivity index (χ0v) is 31.9. The van der Waals surface area contributed by atoms with Crippen LogP contribution in [0.4, 0.5) is 0 Å². The van der Waals surface area contributed by atoms with E-state index in [4.69, 9.17) is 42.1 Å². The van der Waals surface area contributed by atoms with Gasteiger partial charge in [0, 0.05) is 42.8 Å². The van der Waals surface area contributed by atoms with Crippen molar-refractivity contribution in [3.8, 4) is 46.3 Å². The van der Waals surface area contributed by atoms with Gasteiger partial charge < -0.3 is 24.3 Å². The largest absolute Gasteiger partial charge is 0.488 e. The molecule has 0 bridgehead atoms. The second-order valence-electron chi connectivity index (χ2n) is 12.8. The number of carbonyl (C=O) groups excluding carboxylic acids is 2. The number of hydrogen-bond acceptors (Lipinski definition) is 10. The summed E-state index contributed by atoms with van der Waals surface area (Å²) < 4.78 is 24.3. The third kappa shape index (κ3) is 9.19. The fraction of sp³-hybridized carbons (Fsp3) is 0.159. The molecule has 12 heteroatoms. The number of rotatable bonds is 15. The van der Waals surface area contributed by atoms with Crippen molar-refractivity contribution in [1.82, 2.24) is 10.3 Å². The van der Waals surface area contributed by atoms with Crippen LogP contribution in [0.5, 0.6) is 23.0 Å². The van der Waals surface area contributed by atoms with Crippen molar-refractivity contribution in [2.24, 2.45) is 0 Å². The predicted molar refractivity (Wildman–Crippen MR) is 212 cm³/mol. The number of nitriles is 2. The highest BCUT2D eigenvalue weighted by molar-refractivity contribution is 6.32. The first-order valence-electron chi connectivity index (χ1n) is 17.3. The molecule has 0 saturated carbocycles. The van der Waals surface area contributed by atoms with Gasteiger partial charge in [0.05, 0.1) is 32.3 Å². The molecule has 1 aliphatic rings. The van der Waals surface area contributed by atoms with Crippen LogP contribution in [0.3, 0.4) is 0 Å². The summed E-state index contributed by atoms with van der Waals surface area (Å²) in [5.74, 6) is 1.31. The minimum atomic E-state index is 0.0878. The summed E-state index contributed by atoms with van der Waals surface area (Å²) in [6, 6.07) is 24.0. The average molecular weight is 786 g/mol. The molecule has 0 unspecified atom stereocenters. The molecule has 1 aromatic heterocycles. The van der Waals surface area contributed by atoms with Crippen LogP contribution >= 0.6 is 23.2 Å². The van der Waals surface area contributed by atoms with Crippen molar-refractivity contribution in [3.63, 3.8) is 0 Å².